The minimum atomic E-state index is -4.19. The van der Waals surface area contributed by atoms with E-state index in [1.165, 1.54) is 30.0 Å². The van der Waals surface area contributed by atoms with Crippen LogP contribution in [0.15, 0.2) is 58.8 Å². The van der Waals surface area contributed by atoms with E-state index >= 15 is 0 Å². The normalized spacial score (nSPS) is 11.8. The number of allylic oxidation sites excluding steroid dienone is 4. The van der Waals surface area contributed by atoms with Crippen LogP contribution in [0.5, 0.6) is 11.5 Å². The Bertz CT molecular complexity index is 1180. The number of hydrogen-bond acceptors (Lipinski definition) is 6. The number of nitrogens with zero attached hydrogens (tertiary/aromatic N) is 1. The molecule has 0 saturated carbocycles. The second-order valence-electron chi connectivity index (χ2n) is 8.91. The number of phenolic OH excluding ortho intramolecular Hbond substituents is 2. The first kappa shape index (κ1) is 28.1. The van der Waals surface area contributed by atoms with E-state index in [0.717, 1.165) is 43.9 Å². The molecule has 190 valence electrons. The Morgan fingerprint density at radius 3 is 2.51 bits per heavy atom. The van der Waals surface area contributed by atoms with E-state index in [9.17, 15) is 23.4 Å². The lowest BCUT2D eigenvalue weighted by Crippen LogP contribution is -2.31. The van der Waals surface area contributed by atoms with Gasteiger partial charge in [0.15, 0.2) is 0 Å². The molecule has 0 atom stereocenters. The highest BCUT2D eigenvalue weighted by molar-refractivity contribution is 7.90. The summed E-state index contributed by atoms with van der Waals surface area (Å²) in [5.41, 5.74) is 2.79. The number of aromatic hydroxyl groups is 2. The number of carbonyl (C=O) groups is 1. The van der Waals surface area contributed by atoms with Crippen molar-refractivity contribution in [2.45, 2.75) is 77.5 Å². The molecule has 2 aromatic rings. The van der Waals surface area contributed by atoms with Gasteiger partial charge in [0, 0.05) is 18.0 Å². The Balaban J connectivity index is 2.41. The molecule has 1 aromatic carbocycles. The van der Waals surface area contributed by atoms with Crippen molar-refractivity contribution in [2.75, 3.05) is 0 Å². The number of nitrogens with one attached hydrogen (secondary N) is 1. The molecule has 1 amide bonds. The zero-order valence-corrected chi connectivity index (χ0v) is 21.8. The van der Waals surface area contributed by atoms with Crippen LogP contribution in [-0.2, 0) is 22.9 Å². The van der Waals surface area contributed by atoms with Crippen LogP contribution >= 0.6 is 0 Å². The topological polar surface area (TPSA) is 117 Å². The van der Waals surface area contributed by atoms with E-state index in [0.29, 0.717) is 12.0 Å². The minimum Gasteiger partial charge on any atom is -0.508 e. The SMILES string of the molecule is CCCCCc1cc(O)c(C/C=C(\C)CCC=C(C)C)c(O)c1C(=O)NS(=O)(=O)c1cccnc1. The number of phenols is 2. The average Bonchev–Trinajstić information content (AvgIpc) is 2.79. The van der Waals surface area contributed by atoms with Gasteiger partial charge in [-0.2, -0.15) is 0 Å². The minimum absolute atomic E-state index is 0.117. The average molecular weight is 501 g/mol. The fourth-order valence-electron chi connectivity index (χ4n) is 3.67. The van der Waals surface area contributed by atoms with Crippen molar-refractivity contribution in [3.05, 3.63) is 70.6 Å². The monoisotopic (exact) mass is 500 g/mol. The van der Waals surface area contributed by atoms with E-state index in [-0.39, 0.29) is 28.2 Å². The number of pyridine rings is 1. The first-order valence-corrected chi connectivity index (χ1v) is 13.4. The van der Waals surface area contributed by atoms with Crippen LogP contribution in [0.1, 0.15) is 81.3 Å². The molecule has 0 radical (unpaired) electrons. The molecule has 0 spiro atoms. The number of aryl methyl sites for hydroxylation is 1. The summed E-state index contributed by atoms with van der Waals surface area (Å²) in [6.07, 6.45) is 11.5. The van der Waals surface area contributed by atoms with Gasteiger partial charge in [-0.15, -0.1) is 0 Å². The lowest BCUT2D eigenvalue weighted by Gasteiger charge is -2.16. The number of amides is 1. The Labute approximate surface area is 208 Å². The summed E-state index contributed by atoms with van der Waals surface area (Å²) < 4.78 is 27.4. The van der Waals surface area contributed by atoms with Gasteiger partial charge in [-0.3, -0.25) is 9.78 Å². The molecule has 35 heavy (non-hydrogen) atoms. The van der Waals surface area contributed by atoms with E-state index in [2.05, 4.69) is 11.1 Å². The molecule has 8 heteroatoms. The van der Waals surface area contributed by atoms with Gasteiger partial charge in [0.2, 0.25) is 0 Å². The summed E-state index contributed by atoms with van der Waals surface area (Å²) in [5, 5.41) is 21.7. The molecular weight excluding hydrogens is 464 g/mol. The van der Waals surface area contributed by atoms with Gasteiger partial charge >= 0.3 is 0 Å². The summed E-state index contributed by atoms with van der Waals surface area (Å²) in [7, 11) is -4.19. The number of rotatable bonds is 12. The van der Waals surface area contributed by atoms with E-state index < -0.39 is 21.7 Å². The molecule has 0 fully saturated rings. The highest BCUT2D eigenvalue weighted by Gasteiger charge is 2.26. The van der Waals surface area contributed by atoms with Gasteiger partial charge in [-0.05, 0) is 76.6 Å². The van der Waals surface area contributed by atoms with Gasteiger partial charge in [0.25, 0.3) is 15.9 Å². The van der Waals surface area contributed by atoms with Crippen molar-refractivity contribution in [3.8, 4) is 11.5 Å². The highest BCUT2D eigenvalue weighted by atomic mass is 32.2. The van der Waals surface area contributed by atoms with Gasteiger partial charge < -0.3 is 10.2 Å². The number of benzene rings is 1. The van der Waals surface area contributed by atoms with Crippen molar-refractivity contribution < 1.29 is 23.4 Å². The summed E-state index contributed by atoms with van der Waals surface area (Å²) in [5.74, 6) is -1.46. The third-order valence-electron chi connectivity index (χ3n) is 5.66. The van der Waals surface area contributed by atoms with Gasteiger partial charge in [0.05, 0.1) is 5.56 Å². The first-order valence-electron chi connectivity index (χ1n) is 11.9. The summed E-state index contributed by atoms with van der Waals surface area (Å²) in [6, 6.07) is 4.25. The zero-order chi connectivity index (χ0) is 26.0. The van der Waals surface area contributed by atoms with Crippen molar-refractivity contribution in [3.63, 3.8) is 0 Å². The van der Waals surface area contributed by atoms with Crippen LogP contribution in [0.3, 0.4) is 0 Å². The Kier molecular flexibility index (Phi) is 10.5. The Morgan fingerprint density at radius 1 is 1.14 bits per heavy atom. The second-order valence-corrected chi connectivity index (χ2v) is 10.6. The van der Waals surface area contributed by atoms with Gasteiger partial charge in [-0.1, -0.05) is 43.1 Å². The fourth-order valence-corrected chi connectivity index (χ4v) is 4.59. The molecule has 1 aromatic heterocycles. The lowest BCUT2D eigenvalue weighted by atomic mass is 9.94. The summed E-state index contributed by atoms with van der Waals surface area (Å²) in [4.78, 5) is 16.8. The number of unbranched alkanes of at least 4 members (excludes halogenated alkanes) is 2. The molecule has 0 aliphatic rings. The number of carbonyl (C=O) groups excluding carboxylic acids is 1. The maximum absolute atomic E-state index is 13.1. The molecule has 0 aliphatic heterocycles. The summed E-state index contributed by atoms with van der Waals surface area (Å²) in [6.45, 7) is 8.09. The second kappa shape index (κ2) is 13.1. The lowest BCUT2D eigenvalue weighted by molar-refractivity contribution is 0.0977. The Hall–Kier alpha value is -3.13. The van der Waals surface area contributed by atoms with E-state index in [4.69, 9.17) is 0 Å². The van der Waals surface area contributed by atoms with E-state index in [1.807, 2.05) is 38.5 Å². The number of aromatic nitrogens is 1. The van der Waals surface area contributed by atoms with Crippen LogP contribution < -0.4 is 4.72 Å². The van der Waals surface area contributed by atoms with E-state index in [1.54, 1.807) is 0 Å². The largest absolute Gasteiger partial charge is 0.508 e. The Morgan fingerprint density at radius 2 is 1.89 bits per heavy atom. The predicted octanol–water partition coefficient (Wildman–Crippen LogP) is 5.58. The molecule has 0 saturated heterocycles. The maximum Gasteiger partial charge on any atom is 0.269 e. The molecule has 3 N–H and O–H groups in total. The third-order valence-corrected chi connectivity index (χ3v) is 6.97. The smallest absolute Gasteiger partial charge is 0.269 e. The summed E-state index contributed by atoms with van der Waals surface area (Å²) >= 11 is 0. The maximum atomic E-state index is 13.1. The molecule has 1 heterocycles. The van der Waals surface area contributed by atoms with Gasteiger partial charge in [0.1, 0.15) is 16.4 Å². The van der Waals surface area contributed by atoms with Crippen LogP contribution in [0, 0.1) is 0 Å². The number of sulfonamides is 1. The molecule has 2 rings (SSSR count). The first-order chi connectivity index (χ1) is 16.6. The molecule has 7 nitrogen and oxygen atoms in total. The van der Waals surface area contributed by atoms with Crippen molar-refractivity contribution >= 4 is 15.9 Å². The fraction of sp³-hybridized carbons (Fsp3) is 0.407. The predicted molar refractivity (Wildman–Crippen MR) is 138 cm³/mol. The van der Waals surface area contributed by atoms with Gasteiger partial charge in [-0.25, -0.2) is 13.1 Å². The molecule has 0 unspecified atom stereocenters. The van der Waals surface area contributed by atoms with Crippen LogP contribution in [0.2, 0.25) is 0 Å². The highest BCUT2D eigenvalue weighted by Crippen LogP contribution is 2.36. The van der Waals surface area contributed by atoms with Crippen molar-refractivity contribution in [1.29, 1.82) is 0 Å². The number of hydrogen-bond donors (Lipinski definition) is 3. The van der Waals surface area contributed by atoms with Crippen LogP contribution in [0.25, 0.3) is 0 Å². The molecular formula is C27H36N2O5S. The van der Waals surface area contributed by atoms with Crippen molar-refractivity contribution in [1.82, 2.24) is 9.71 Å². The van der Waals surface area contributed by atoms with Crippen LogP contribution in [-0.4, -0.2) is 29.5 Å². The zero-order valence-electron chi connectivity index (χ0n) is 21.0. The third kappa shape index (κ3) is 8.24. The van der Waals surface area contributed by atoms with Crippen LogP contribution in [0.4, 0.5) is 0 Å². The molecule has 0 bridgehead atoms. The van der Waals surface area contributed by atoms with Crippen molar-refractivity contribution in [2.24, 2.45) is 0 Å². The standard InChI is InChI=1S/C27H36N2O5S/c1-5-6-7-12-21-17-24(30)23(15-14-20(4)11-8-10-19(2)3)26(31)25(21)27(32)29-35(33,34)22-13-9-16-28-18-22/h9-10,13-14,16-18,30-31H,5-8,11-12,15H2,1-4H3,(H,29,32)/b20-14+. The molecule has 0 aliphatic carbocycles. The quantitative estimate of drug-likeness (QED) is 0.259.